The van der Waals surface area contributed by atoms with Gasteiger partial charge in [-0.2, -0.15) is 5.10 Å². The normalized spacial score (nSPS) is 12.5. The summed E-state index contributed by atoms with van der Waals surface area (Å²) in [5, 5.41) is 10.9. The van der Waals surface area contributed by atoms with E-state index < -0.39 is 0 Å². The molecule has 0 amide bonds. The number of aromatic amines is 2. The van der Waals surface area contributed by atoms with Gasteiger partial charge in [0.2, 0.25) is 0 Å². The van der Waals surface area contributed by atoms with Crippen LogP contribution >= 0.6 is 0 Å². The standard InChI is InChI=1S/C28H26FN7/c1-4-17(14-30-6-3)12-18(5-2)22-10-11-23-26(32-22)27(36-35-23)28-33-24-16-31-15-21(25(24)34-28)19-8-7-9-20(29)13-19/h4-5,7-13,15-16,30H,1,6,14H2,2-3H3,(H,33,34)(H,35,36)/b17-12+,18-5+. The first-order chi connectivity index (χ1) is 17.6. The van der Waals surface area contributed by atoms with Crippen LogP contribution in [-0.4, -0.2) is 43.2 Å². The number of fused-ring (bicyclic) bond motifs is 2. The Morgan fingerprint density at radius 3 is 2.78 bits per heavy atom. The van der Waals surface area contributed by atoms with Crippen molar-refractivity contribution in [3.05, 3.63) is 90.7 Å². The van der Waals surface area contributed by atoms with Crippen LogP contribution < -0.4 is 5.32 Å². The predicted octanol–water partition coefficient (Wildman–Crippen LogP) is 5.83. The Morgan fingerprint density at radius 2 is 2.00 bits per heavy atom. The first-order valence-electron chi connectivity index (χ1n) is 11.8. The Balaban J connectivity index is 1.58. The van der Waals surface area contributed by atoms with Gasteiger partial charge in [0.15, 0.2) is 11.5 Å². The number of likely N-dealkylation sites (N-methyl/N-ethyl adjacent to an activating group) is 1. The summed E-state index contributed by atoms with van der Waals surface area (Å²) >= 11 is 0. The van der Waals surface area contributed by atoms with Gasteiger partial charge in [-0.1, -0.05) is 37.8 Å². The number of imidazole rings is 1. The monoisotopic (exact) mass is 479 g/mol. The SMILES string of the molecule is C=C/C(=C\C(=C/C)c1ccc2[nH]nc(-c3nc4c(-c5cccc(F)c5)cncc4[nH]3)c2n1)CNCC. The third kappa shape index (κ3) is 4.46. The van der Waals surface area contributed by atoms with Crippen LogP contribution in [0.3, 0.4) is 0 Å². The Kier molecular flexibility index (Phi) is 6.51. The van der Waals surface area contributed by atoms with E-state index in [1.165, 1.54) is 12.1 Å². The summed E-state index contributed by atoms with van der Waals surface area (Å²) in [6.07, 6.45) is 9.36. The number of halogens is 1. The molecule has 0 unspecified atom stereocenters. The van der Waals surface area contributed by atoms with Gasteiger partial charge in [0.05, 0.1) is 28.4 Å². The molecule has 180 valence electrons. The van der Waals surface area contributed by atoms with Crippen LogP contribution in [0.2, 0.25) is 0 Å². The molecule has 5 rings (SSSR count). The molecule has 0 atom stereocenters. The molecule has 0 bridgehead atoms. The Hall–Kier alpha value is -4.43. The van der Waals surface area contributed by atoms with Crippen molar-refractivity contribution in [3.63, 3.8) is 0 Å². The zero-order valence-electron chi connectivity index (χ0n) is 20.1. The highest BCUT2D eigenvalue weighted by Crippen LogP contribution is 2.31. The molecule has 8 heteroatoms. The highest BCUT2D eigenvalue weighted by Gasteiger charge is 2.17. The lowest BCUT2D eigenvalue weighted by molar-refractivity contribution is 0.628. The smallest absolute Gasteiger partial charge is 0.161 e. The molecule has 3 N–H and O–H groups in total. The van der Waals surface area contributed by atoms with Crippen LogP contribution in [0.5, 0.6) is 0 Å². The molecule has 0 saturated heterocycles. The second-order valence-electron chi connectivity index (χ2n) is 8.29. The Morgan fingerprint density at radius 1 is 1.11 bits per heavy atom. The molecule has 5 aromatic rings. The van der Waals surface area contributed by atoms with Gasteiger partial charge in [0.25, 0.3) is 0 Å². The van der Waals surface area contributed by atoms with Crippen molar-refractivity contribution in [2.45, 2.75) is 13.8 Å². The third-order valence-electron chi connectivity index (χ3n) is 5.95. The quantitative estimate of drug-likeness (QED) is 0.244. The molecule has 0 radical (unpaired) electrons. The second-order valence-corrected chi connectivity index (χ2v) is 8.29. The zero-order valence-corrected chi connectivity index (χ0v) is 20.1. The maximum atomic E-state index is 13.9. The summed E-state index contributed by atoms with van der Waals surface area (Å²) in [6.45, 7) is 9.61. The van der Waals surface area contributed by atoms with E-state index in [0.717, 1.165) is 46.5 Å². The van der Waals surface area contributed by atoms with Gasteiger partial charge in [0, 0.05) is 18.3 Å². The predicted molar refractivity (Wildman–Crippen MR) is 143 cm³/mol. The fourth-order valence-corrected chi connectivity index (χ4v) is 4.09. The lowest BCUT2D eigenvalue weighted by Crippen LogP contribution is -2.15. The van der Waals surface area contributed by atoms with Crippen LogP contribution in [0.25, 0.3) is 50.3 Å². The minimum absolute atomic E-state index is 0.311. The topological polar surface area (TPSA) is 95.2 Å². The molecule has 0 saturated carbocycles. The van der Waals surface area contributed by atoms with Crippen molar-refractivity contribution >= 4 is 27.6 Å². The highest BCUT2D eigenvalue weighted by molar-refractivity contribution is 5.95. The fourth-order valence-electron chi connectivity index (χ4n) is 4.09. The van der Waals surface area contributed by atoms with E-state index in [2.05, 4.69) is 45.1 Å². The number of benzene rings is 1. The van der Waals surface area contributed by atoms with Crippen molar-refractivity contribution in [2.24, 2.45) is 0 Å². The Bertz CT molecular complexity index is 1620. The van der Waals surface area contributed by atoms with Gasteiger partial charge in [-0.15, -0.1) is 0 Å². The fraction of sp³-hybridized carbons (Fsp3) is 0.143. The number of hydrogen-bond acceptors (Lipinski definition) is 5. The van der Waals surface area contributed by atoms with Crippen molar-refractivity contribution < 1.29 is 4.39 Å². The molecule has 4 heterocycles. The van der Waals surface area contributed by atoms with E-state index in [4.69, 9.17) is 9.97 Å². The third-order valence-corrected chi connectivity index (χ3v) is 5.95. The molecule has 7 nitrogen and oxygen atoms in total. The minimum atomic E-state index is -0.311. The first kappa shape index (κ1) is 23.3. The summed E-state index contributed by atoms with van der Waals surface area (Å²) in [5.41, 5.74) is 7.85. The van der Waals surface area contributed by atoms with Crippen molar-refractivity contribution in [1.82, 2.24) is 35.5 Å². The van der Waals surface area contributed by atoms with Crippen LogP contribution in [0.4, 0.5) is 4.39 Å². The van der Waals surface area contributed by atoms with E-state index in [0.29, 0.717) is 28.1 Å². The van der Waals surface area contributed by atoms with E-state index in [1.54, 1.807) is 18.5 Å². The van der Waals surface area contributed by atoms with Gasteiger partial charge in [-0.25, -0.2) is 14.4 Å². The molecule has 0 spiro atoms. The van der Waals surface area contributed by atoms with Crippen LogP contribution in [0.1, 0.15) is 19.5 Å². The second kappa shape index (κ2) is 10.1. The number of nitrogens with zero attached hydrogens (tertiary/aromatic N) is 4. The summed E-state index contributed by atoms with van der Waals surface area (Å²) in [4.78, 5) is 17.4. The van der Waals surface area contributed by atoms with Crippen LogP contribution in [-0.2, 0) is 0 Å². The van der Waals surface area contributed by atoms with Gasteiger partial charge in [-0.3, -0.25) is 10.1 Å². The molecule has 0 aliphatic heterocycles. The number of rotatable bonds is 8. The van der Waals surface area contributed by atoms with E-state index in [1.807, 2.05) is 37.3 Å². The molecule has 1 aromatic carbocycles. The zero-order chi connectivity index (χ0) is 25.1. The number of nitrogens with one attached hydrogen (secondary N) is 3. The van der Waals surface area contributed by atoms with E-state index in [9.17, 15) is 4.39 Å². The van der Waals surface area contributed by atoms with Crippen molar-refractivity contribution in [1.29, 1.82) is 0 Å². The average Bonchev–Trinajstić information content (AvgIpc) is 3.52. The van der Waals surface area contributed by atoms with Crippen molar-refractivity contribution in [2.75, 3.05) is 13.1 Å². The molecule has 0 fully saturated rings. The Labute approximate surface area is 207 Å². The number of aromatic nitrogens is 6. The first-order valence-corrected chi connectivity index (χ1v) is 11.8. The van der Waals surface area contributed by atoms with Crippen molar-refractivity contribution in [3.8, 4) is 22.6 Å². The van der Waals surface area contributed by atoms with Gasteiger partial charge in [-0.05, 0) is 60.5 Å². The summed E-state index contributed by atoms with van der Waals surface area (Å²) in [7, 11) is 0. The minimum Gasteiger partial charge on any atom is -0.335 e. The van der Waals surface area contributed by atoms with Crippen LogP contribution in [0.15, 0.2) is 79.2 Å². The summed E-state index contributed by atoms with van der Waals surface area (Å²) in [5.74, 6) is 0.247. The maximum Gasteiger partial charge on any atom is 0.161 e. The number of hydrogen-bond donors (Lipinski definition) is 3. The largest absolute Gasteiger partial charge is 0.335 e. The number of H-pyrrole nitrogens is 2. The summed E-state index contributed by atoms with van der Waals surface area (Å²) < 4.78 is 13.9. The van der Waals surface area contributed by atoms with Crippen LogP contribution in [0, 0.1) is 5.82 Å². The molecule has 0 aliphatic rings. The van der Waals surface area contributed by atoms with Gasteiger partial charge >= 0.3 is 0 Å². The van der Waals surface area contributed by atoms with Gasteiger partial charge in [0.1, 0.15) is 11.3 Å². The molecular weight excluding hydrogens is 453 g/mol. The number of pyridine rings is 2. The lowest BCUT2D eigenvalue weighted by atomic mass is 10.1. The molecule has 0 aliphatic carbocycles. The van der Waals surface area contributed by atoms with E-state index >= 15 is 0 Å². The molecule has 4 aromatic heterocycles. The van der Waals surface area contributed by atoms with Gasteiger partial charge < -0.3 is 10.3 Å². The highest BCUT2D eigenvalue weighted by atomic mass is 19.1. The average molecular weight is 480 g/mol. The maximum absolute atomic E-state index is 13.9. The number of allylic oxidation sites excluding steroid dienone is 3. The molecule has 36 heavy (non-hydrogen) atoms. The molecular formula is C28H26FN7. The summed E-state index contributed by atoms with van der Waals surface area (Å²) in [6, 6.07) is 10.3. The van der Waals surface area contributed by atoms with E-state index in [-0.39, 0.29) is 5.82 Å². The lowest BCUT2D eigenvalue weighted by Gasteiger charge is -2.06.